The van der Waals surface area contributed by atoms with Crippen LogP contribution in [-0.4, -0.2) is 62.8 Å². The van der Waals surface area contributed by atoms with Gasteiger partial charge in [-0.2, -0.15) is 0 Å². The van der Waals surface area contributed by atoms with Crippen LogP contribution in [0, 0.1) is 0 Å². The fraction of sp³-hybridized carbons (Fsp3) is 0.283. The van der Waals surface area contributed by atoms with Gasteiger partial charge in [-0.3, -0.25) is 0 Å². The quantitative estimate of drug-likeness (QED) is 0.0625. The Morgan fingerprint density at radius 3 is 1.28 bits per heavy atom. The zero-order chi connectivity index (χ0) is 43.3. The highest BCUT2D eigenvalue weighted by Gasteiger charge is 2.46. The Balaban J connectivity index is 1.13. The van der Waals surface area contributed by atoms with Gasteiger partial charge in [0.05, 0.1) is 30.8 Å². The number of benzene rings is 6. The van der Waals surface area contributed by atoms with Crippen LogP contribution in [0.2, 0.25) is 0 Å². The molecule has 0 spiro atoms. The molecular formula is C53H54O8. The van der Waals surface area contributed by atoms with Crippen molar-refractivity contribution in [3.8, 4) is 22.6 Å². The third-order valence-electron chi connectivity index (χ3n) is 11.0. The van der Waals surface area contributed by atoms with Crippen molar-refractivity contribution in [3.05, 3.63) is 168 Å². The molecule has 0 saturated carbocycles. The van der Waals surface area contributed by atoms with Gasteiger partial charge in [0.15, 0.2) is 0 Å². The van der Waals surface area contributed by atoms with Crippen LogP contribution in [-0.2, 0) is 34.0 Å². The smallest absolute Gasteiger partial charge is 0.333 e. The maximum absolute atomic E-state index is 11.8. The summed E-state index contributed by atoms with van der Waals surface area (Å²) in [6.07, 6.45) is -1.21. The first kappa shape index (κ1) is 42.9. The average molecular weight is 819 g/mol. The van der Waals surface area contributed by atoms with Crippen molar-refractivity contribution in [2.75, 3.05) is 26.4 Å². The lowest BCUT2D eigenvalue weighted by atomic mass is 9.67. The lowest BCUT2D eigenvalue weighted by Gasteiger charge is -2.34. The lowest BCUT2D eigenvalue weighted by molar-refractivity contribution is -0.148. The molecule has 0 aromatic heterocycles. The second-order valence-electron chi connectivity index (χ2n) is 16.2. The summed E-state index contributed by atoms with van der Waals surface area (Å²) in [5.74, 6) is 0.652. The molecule has 1 aliphatic rings. The molecule has 314 valence electrons. The number of fused-ring (bicyclic) bond motifs is 5. The van der Waals surface area contributed by atoms with Crippen molar-refractivity contribution in [1.82, 2.24) is 0 Å². The van der Waals surface area contributed by atoms with Gasteiger partial charge in [0.25, 0.3) is 0 Å². The Bertz CT molecular complexity index is 2410. The van der Waals surface area contributed by atoms with E-state index in [9.17, 15) is 9.59 Å². The molecule has 1 aliphatic carbocycles. The van der Waals surface area contributed by atoms with E-state index in [0.717, 1.165) is 33.0 Å². The van der Waals surface area contributed by atoms with Crippen molar-refractivity contribution in [3.63, 3.8) is 0 Å². The molecule has 61 heavy (non-hydrogen) atoms. The minimum absolute atomic E-state index is 0.211. The Morgan fingerprint density at radius 2 is 0.869 bits per heavy atom. The van der Waals surface area contributed by atoms with Crippen LogP contribution in [0.1, 0.15) is 63.8 Å². The van der Waals surface area contributed by atoms with Crippen molar-refractivity contribution in [1.29, 1.82) is 0 Å². The van der Waals surface area contributed by atoms with Gasteiger partial charge in [-0.1, -0.05) is 98.1 Å². The van der Waals surface area contributed by atoms with E-state index in [2.05, 4.69) is 122 Å². The van der Waals surface area contributed by atoms with Gasteiger partial charge in [0.2, 0.25) is 0 Å². The van der Waals surface area contributed by atoms with Gasteiger partial charge >= 0.3 is 11.9 Å². The van der Waals surface area contributed by atoms with Crippen molar-refractivity contribution in [2.24, 2.45) is 0 Å². The Kier molecular flexibility index (Phi) is 13.1. The zero-order valence-corrected chi connectivity index (χ0v) is 35.9. The number of hydrogen-bond donors (Lipinski definition) is 0. The molecular weight excluding hydrogens is 765 g/mol. The van der Waals surface area contributed by atoms with E-state index in [1.54, 1.807) is 27.7 Å². The number of ether oxygens (including phenoxy) is 6. The summed E-state index contributed by atoms with van der Waals surface area (Å²) in [5.41, 5.74) is 7.42. The van der Waals surface area contributed by atoms with Crippen molar-refractivity contribution < 1.29 is 38.0 Å². The third-order valence-corrected chi connectivity index (χ3v) is 11.0. The highest BCUT2D eigenvalue weighted by atomic mass is 16.6. The fourth-order valence-corrected chi connectivity index (χ4v) is 7.88. The maximum Gasteiger partial charge on any atom is 0.333 e. The number of rotatable bonds is 18. The molecule has 8 heteroatoms. The summed E-state index contributed by atoms with van der Waals surface area (Å²) in [6, 6.07) is 43.4. The highest BCUT2D eigenvalue weighted by molar-refractivity contribution is 5.92. The number of carbonyl (C=O) groups is 2. The molecule has 8 nitrogen and oxygen atoms in total. The first-order valence-electron chi connectivity index (χ1n) is 20.8. The van der Waals surface area contributed by atoms with E-state index in [-0.39, 0.29) is 25.4 Å². The predicted octanol–water partition coefficient (Wildman–Crippen LogP) is 10.9. The molecule has 0 heterocycles. The average Bonchev–Trinajstić information content (AvgIpc) is 3.56. The summed E-state index contributed by atoms with van der Waals surface area (Å²) in [6.45, 7) is 19.2. The normalized spacial score (nSPS) is 14.6. The Labute approximate surface area is 358 Å². The third kappa shape index (κ3) is 9.41. The van der Waals surface area contributed by atoms with Crippen LogP contribution in [0.5, 0.6) is 11.5 Å². The molecule has 0 N–H and O–H groups in total. The summed E-state index contributed by atoms with van der Waals surface area (Å²) in [5, 5.41) is 4.34. The van der Waals surface area contributed by atoms with Gasteiger partial charge < -0.3 is 28.4 Å². The molecule has 0 bridgehead atoms. The second-order valence-corrected chi connectivity index (χ2v) is 16.2. The van der Waals surface area contributed by atoms with Crippen LogP contribution in [0.4, 0.5) is 0 Å². The van der Waals surface area contributed by atoms with Crippen molar-refractivity contribution in [2.45, 2.75) is 71.4 Å². The van der Waals surface area contributed by atoms with Crippen LogP contribution in [0.3, 0.4) is 0 Å². The minimum Gasteiger partial charge on any atom is -0.491 e. The molecule has 4 atom stereocenters. The topological polar surface area (TPSA) is 89.5 Å². The van der Waals surface area contributed by atoms with E-state index >= 15 is 0 Å². The molecule has 6 aromatic carbocycles. The Morgan fingerprint density at radius 1 is 0.492 bits per heavy atom. The summed E-state index contributed by atoms with van der Waals surface area (Å²) in [7, 11) is 0. The minimum atomic E-state index is -0.578. The molecule has 0 amide bonds. The Hall–Kier alpha value is -6.22. The molecule has 7 rings (SSSR count). The largest absolute Gasteiger partial charge is 0.491 e. The fourth-order valence-electron chi connectivity index (χ4n) is 7.88. The standard InChI is InChI=1S/C53H54O8/c1-33(2)51(54)60-37(7)31-56-35(5)29-58-45-23-19-39-25-43(21-17-41(39)27-45)53(49-15-11-9-13-47(49)48-14-10-12-16-50(48)53)44-22-18-42-28-46(24-20-40(42)26-44)59-30-36(6)57-32-38(8)61-52(55)34(3)4/h9-28,35-38H,1,3,29-32H2,2,4-8H3. The predicted molar refractivity (Wildman–Crippen MR) is 241 cm³/mol. The first-order valence-corrected chi connectivity index (χ1v) is 20.8. The summed E-state index contributed by atoms with van der Waals surface area (Å²) >= 11 is 0. The van der Waals surface area contributed by atoms with Gasteiger partial charge in [-0.25, -0.2) is 9.59 Å². The van der Waals surface area contributed by atoms with E-state index in [0.29, 0.717) is 24.4 Å². The van der Waals surface area contributed by atoms with Crippen LogP contribution in [0.25, 0.3) is 32.7 Å². The van der Waals surface area contributed by atoms with Crippen LogP contribution < -0.4 is 9.47 Å². The zero-order valence-electron chi connectivity index (χ0n) is 35.9. The number of esters is 2. The molecule has 4 unspecified atom stereocenters. The van der Waals surface area contributed by atoms with Gasteiger partial charge in [0.1, 0.15) is 36.9 Å². The van der Waals surface area contributed by atoms with Gasteiger partial charge in [-0.15, -0.1) is 0 Å². The van der Waals surface area contributed by atoms with E-state index < -0.39 is 29.6 Å². The summed E-state index contributed by atoms with van der Waals surface area (Å²) < 4.78 is 34.8. The molecule has 0 fully saturated rings. The molecule has 0 saturated heterocycles. The van der Waals surface area contributed by atoms with E-state index in [1.807, 2.05) is 26.0 Å². The monoisotopic (exact) mass is 818 g/mol. The molecule has 6 aromatic rings. The van der Waals surface area contributed by atoms with Crippen LogP contribution in [0.15, 0.2) is 146 Å². The van der Waals surface area contributed by atoms with Gasteiger partial charge in [0, 0.05) is 11.1 Å². The number of carbonyl (C=O) groups excluding carboxylic acids is 2. The number of hydrogen-bond acceptors (Lipinski definition) is 8. The molecule has 0 aliphatic heterocycles. The lowest BCUT2D eigenvalue weighted by Crippen LogP contribution is -2.28. The highest BCUT2D eigenvalue weighted by Crippen LogP contribution is 2.56. The van der Waals surface area contributed by atoms with Gasteiger partial charge in [-0.05, 0) is 133 Å². The summed E-state index contributed by atoms with van der Waals surface area (Å²) in [4.78, 5) is 23.7. The van der Waals surface area contributed by atoms with Crippen LogP contribution >= 0.6 is 0 Å². The second kappa shape index (κ2) is 18.6. The van der Waals surface area contributed by atoms with Crippen molar-refractivity contribution >= 4 is 33.5 Å². The first-order chi connectivity index (χ1) is 29.3. The SMILES string of the molecule is C=C(C)C(=O)OC(C)COC(C)COc1ccc2cc(C3(c4ccc5cc(OCC(C)OCC(C)OC(=O)C(=C)C)ccc5c4)c4ccccc4-c4ccccc43)ccc2c1. The van der Waals surface area contributed by atoms with E-state index in [4.69, 9.17) is 28.4 Å². The van der Waals surface area contributed by atoms with E-state index in [1.165, 1.54) is 33.4 Å². The maximum atomic E-state index is 11.8. The molecule has 0 radical (unpaired) electrons.